The number of fused-ring (bicyclic) bond motifs is 1. The summed E-state index contributed by atoms with van der Waals surface area (Å²) >= 11 is 6.00. The van der Waals surface area contributed by atoms with Gasteiger partial charge in [-0.1, -0.05) is 11.6 Å². The van der Waals surface area contributed by atoms with Gasteiger partial charge in [0.05, 0.1) is 6.61 Å². The topological polar surface area (TPSA) is 91.6 Å². The molecule has 1 atom stereocenters. The van der Waals surface area contributed by atoms with Crippen LogP contribution in [0.2, 0.25) is 5.02 Å². The number of rotatable bonds is 5. The number of carboxylic acids is 1. The summed E-state index contributed by atoms with van der Waals surface area (Å²) in [6.45, 7) is 3.56. The minimum Gasteiger partial charge on any atom is -0.480 e. The van der Waals surface area contributed by atoms with Gasteiger partial charge in [0.25, 0.3) is 5.91 Å². The Labute approximate surface area is 132 Å². The molecule has 0 saturated heterocycles. The van der Waals surface area contributed by atoms with Crippen molar-refractivity contribution < 1.29 is 19.8 Å². The third-order valence-electron chi connectivity index (χ3n) is 3.60. The fourth-order valence-electron chi connectivity index (χ4n) is 2.53. The predicted octanol–water partition coefficient (Wildman–Crippen LogP) is 1.80. The second kappa shape index (κ2) is 6.37. The Morgan fingerprint density at radius 3 is 2.64 bits per heavy atom. The lowest BCUT2D eigenvalue weighted by atomic mass is 10.1. The van der Waals surface area contributed by atoms with Crippen molar-refractivity contribution in [3.8, 4) is 0 Å². The number of halogens is 1. The van der Waals surface area contributed by atoms with Crippen LogP contribution in [0, 0.1) is 6.92 Å². The number of aliphatic hydroxyl groups excluding tert-OH is 1. The zero-order valence-electron chi connectivity index (χ0n) is 12.3. The van der Waals surface area contributed by atoms with Crippen LogP contribution in [-0.4, -0.2) is 39.3 Å². The molecule has 3 N–H and O–H groups in total. The van der Waals surface area contributed by atoms with E-state index >= 15 is 0 Å². The molecule has 6 nitrogen and oxygen atoms in total. The molecule has 1 heterocycles. The lowest BCUT2D eigenvalue weighted by molar-refractivity contribution is -0.140. The van der Waals surface area contributed by atoms with Gasteiger partial charge in [0, 0.05) is 22.5 Å². The van der Waals surface area contributed by atoms with E-state index in [1.165, 1.54) is 0 Å². The number of carbonyl (C=O) groups excluding carboxylic acids is 1. The van der Waals surface area contributed by atoms with E-state index in [1.807, 2.05) is 13.0 Å². The van der Waals surface area contributed by atoms with Crippen LogP contribution in [0.5, 0.6) is 0 Å². The van der Waals surface area contributed by atoms with Gasteiger partial charge in [-0.3, -0.25) is 4.79 Å². The molecule has 7 heteroatoms. The van der Waals surface area contributed by atoms with Crippen LogP contribution < -0.4 is 5.32 Å². The maximum absolute atomic E-state index is 12.4. The third kappa shape index (κ3) is 2.80. The van der Waals surface area contributed by atoms with Crippen LogP contribution in [0.15, 0.2) is 18.2 Å². The highest BCUT2D eigenvalue weighted by molar-refractivity contribution is 6.31. The standard InChI is InChI=1S/C15H17ClN2O4/c1-3-18-12-5-4-9(16)6-10(12)8(2)13(18)14(20)17-11(7-19)15(21)22/h4-6,11,19H,3,7H2,1-2H3,(H,17,20)(H,21,22). The number of nitrogens with one attached hydrogen (secondary N) is 1. The van der Waals surface area contributed by atoms with Crippen LogP contribution >= 0.6 is 11.6 Å². The summed E-state index contributed by atoms with van der Waals surface area (Å²) in [6.07, 6.45) is 0. The monoisotopic (exact) mass is 324 g/mol. The minimum atomic E-state index is -1.33. The number of aliphatic hydroxyl groups is 1. The van der Waals surface area contributed by atoms with Crippen molar-refractivity contribution in [1.29, 1.82) is 0 Å². The molecule has 0 spiro atoms. The summed E-state index contributed by atoms with van der Waals surface area (Å²) in [6, 6.07) is 4.01. The molecule has 2 rings (SSSR count). The number of hydrogen-bond acceptors (Lipinski definition) is 3. The third-order valence-corrected chi connectivity index (χ3v) is 3.83. The molecule has 0 aliphatic carbocycles. The van der Waals surface area contributed by atoms with Crippen molar-refractivity contribution in [2.24, 2.45) is 0 Å². The number of benzene rings is 1. The number of carboxylic acid groups (broad SMARTS) is 1. The van der Waals surface area contributed by atoms with Crippen molar-refractivity contribution in [2.75, 3.05) is 6.61 Å². The Bertz CT molecular complexity index is 739. The van der Waals surface area contributed by atoms with Gasteiger partial charge in [0.15, 0.2) is 6.04 Å². The van der Waals surface area contributed by atoms with E-state index in [9.17, 15) is 9.59 Å². The Morgan fingerprint density at radius 2 is 2.09 bits per heavy atom. The van der Waals surface area contributed by atoms with E-state index in [0.29, 0.717) is 17.3 Å². The maximum Gasteiger partial charge on any atom is 0.328 e. The highest BCUT2D eigenvalue weighted by atomic mass is 35.5. The number of nitrogens with zero attached hydrogens (tertiary/aromatic N) is 1. The van der Waals surface area contributed by atoms with Gasteiger partial charge in [0.1, 0.15) is 5.69 Å². The summed E-state index contributed by atoms with van der Waals surface area (Å²) in [5.74, 6) is -1.82. The van der Waals surface area contributed by atoms with Crippen LogP contribution in [-0.2, 0) is 11.3 Å². The fourth-order valence-corrected chi connectivity index (χ4v) is 2.70. The van der Waals surface area contributed by atoms with Crippen LogP contribution in [0.25, 0.3) is 10.9 Å². The first kappa shape index (κ1) is 16.3. The molecule has 1 unspecified atom stereocenters. The molecular weight excluding hydrogens is 308 g/mol. The zero-order valence-corrected chi connectivity index (χ0v) is 13.0. The maximum atomic E-state index is 12.4. The number of aromatic nitrogens is 1. The SMILES string of the molecule is CCn1c(C(=O)NC(CO)C(=O)O)c(C)c2cc(Cl)ccc21. The van der Waals surface area contributed by atoms with Gasteiger partial charge in [-0.2, -0.15) is 0 Å². The van der Waals surface area contributed by atoms with Gasteiger partial charge in [-0.05, 0) is 37.6 Å². The van der Waals surface area contributed by atoms with Gasteiger partial charge < -0.3 is 20.1 Å². The average molecular weight is 325 g/mol. The van der Waals surface area contributed by atoms with Crippen LogP contribution in [0.3, 0.4) is 0 Å². The molecule has 0 aliphatic heterocycles. The summed E-state index contributed by atoms with van der Waals surface area (Å²) in [5, 5.41) is 21.7. The Kier molecular flexibility index (Phi) is 4.73. The largest absolute Gasteiger partial charge is 0.480 e. The lowest BCUT2D eigenvalue weighted by Crippen LogP contribution is -2.44. The highest BCUT2D eigenvalue weighted by Crippen LogP contribution is 2.28. The average Bonchev–Trinajstić information content (AvgIpc) is 2.76. The Hall–Kier alpha value is -2.05. The molecule has 22 heavy (non-hydrogen) atoms. The molecule has 118 valence electrons. The predicted molar refractivity (Wildman–Crippen MR) is 83.3 cm³/mol. The first-order valence-electron chi connectivity index (χ1n) is 6.83. The summed E-state index contributed by atoms with van der Waals surface area (Å²) in [7, 11) is 0. The second-order valence-electron chi connectivity index (χ2n) is 4.93. The van der Waals surface area contributed by atoms with Crippen molar-refractivity contribution in [3.63, 3.8) is 0 Å². The van der Waals surface area contributed by atoms with Gasteiger partial charge >= 0.3 is 5.97 Å². The fraction of sp³-hybridized carbons (Fsp3) is 0.333. The molecule has 0 radical (unpaired) electrons. The number of aryl methyl sites for hydroxylation is 2. The number of amides is 1. The van der Waals surface area contributed by atoms with Crippen LogP contribution in [0.1, 0.15) is 23.0 Å². The highest BCUT2D eigenvalue weighted by Gasteiger charge is 2.24. The first-order valence-corrected chi connectivity index (χ1v) is 7.21. The zero-order chi connectivity index (χ0) is 16.4. The number of aliphatic carboxylic acids is 1. The van der Waals surface area contributed by atoms with Crippen molar-refractivity contribution in [2.45, 2.75) is 26.4 Å². The van der Waals surface area contributed by atoms with E-state index in [0.717, 1.165) is 16.5 Å². The normalized spacial score (nSPS) is 12.4. The quantitative estimate of drug-likeness (QED) is 0.782. The van der Waals surface area contributed by atoms with Gasteiger partial charge in [-0.25, -0.2) is 4.79 Å². The Balaban J connectivity index is 2.52. The van der Waals surface area contributed by atoms with E-state index in [4.69, 9.17) is 21.8 Å². The van der Waals surface area contributed by atoms with Crippen molar-refractivity contribution in [1.82, 2.24) is 9.88 Å². The summed E-state index contributed by atoms with van der Waals surface area (Å²) < 4.78 is 1.80. The molecule has 0 saturated carbocycles. The van der Waals surface area contributed by atoms with Crippen molar-refractivity contribution in [3.05, 3.63) is 34.5 Å². The molecule has 0 bridgehead atoms. The van der Waals surface area contributed by atoms with Gasteiger partial charge in [0.2, 0.25) is 0 Å². The number of carbonyl (C=O) groups is 2. The Morgan fingerprint density at radius 1 is 1.41 bits per heavy atom. The molecule has 2 aromatic rings. The molecule has 1 amide bonds. The molecule has 1 aromatic carbocycles. The molecule has 0 aliphatic rings. The van der Waals surface area contributed by atoms with E-state index in [2.05, 4.69) is 5.32 Å². The smallest absolute Gasteiger partial charge is 0.328 e. The number of hydrogen-bond donors (Lipinski definition) is 3. The summed E-state index contributed by atoms with van der Waals surface area (Å²) in [5.41, 5.74) is 1.95. The van der Waals surface area contributed by atoms with E-state index in [1.54, 1.807) is 23.6 Å². The van der Waals surface area contributed by atoms with Crippen molar-refractivity contribution >= 4 is 34.4 Å². The minimum absolute atomic E-state index is 0.375. The van der Waals surface area contributed by atoms with E-state index < -0.39 is 24.5 Å². The van der Waals surface area contributed by atoms with E-state index in [-0.39, 0.29) is 0 Å². The molecular formula is C15H17ClN2O4. The molecule has 1 aromatic heterocycles. The van der Waals surface area contributed by atoms with Crippen LogP contribution in [0.4, 0.5) is 0 Å². The summed E-state index contributed by atoms with van der Waals surface area (Å²) in [4.78, 5) is 23.4. The first-order chi connectivity index (χ1) is 10.4. The molecule has 0 fully saturated rings. The lowest BCUT2D eigenvalue weighted by Gasteiger charge is -2.14. The van der Waals surface area contributed by atoms with Gasteiger partial charge in [-0.15, -0.1) is 0 Å². The second-order valence-corrected chi connectivity index (χ2v) is 5.36.